The van der Waals surface area contributed by atoms with E-state index in [-0.39, 0.29) is 90.3 Å². The normalized spacial score (nSPS) is 10.4. The van der Waals surface area contributed by atoms with Crippen LogP contribution in [0, 0.1) is 0 Å². The van der Waals surface area contributed by atoms with Crippen LogP contribution in [0.5, 0.6) is 34.5 Å². The zero-order valence-electron chi connectivity index (χ0n) is 73.9. The van der Waals surface area contributed by atoms with Gasteiger partial charge in [-0.1, -0.05) is 54.6 Å². The molecule has 6 aromatic rings. The van der Waals surface area contributed by atoms with Gasteiger partial charge in [0.2, 0.25) is 0 Å². The van der Waals surface area contributed by atoms with Gasteiger partial charge in [-0.05, 0) is 91.0 Å². The molecule has 0 amide bonds. The Labute approximate surface area is 755 Å². The Morgan fingerprint density at radius 3 is 0.492 bits per heavy atom. The lowest BCUT2D eigenvalue weighted by Gasteiger charge is -2.14. The van der Waals surface area contributed by atoms with Crippen molar-refractivity contribution in [1.29, 1.82) is 0 Å². The molecule has 0 fully saturated rings. The van der Waals surface area contributed by atoms with Crippen LogP contribution in [0.4, 0.5) is 0 Å². The minimum Gasteiger partial charge on any atom is -0.466 e. The minimum absolute atomic E-state index is 0.00449. The molecule has 0 spiro atoms. The smallest absolute Gasteiger partial charge is 0.338 e. The fourth-order valence-corrected chi connectivity index (χ4v) is 8.85. The average Bonchev–Trinajstić information content (AvgIpc) is 0.843. The Hall–Kier alpha value is -16.0. The summed E-state index contributed by atoms with van der Waals surface area (Å²) in [7, 11) is 19.5. The van der Waals surface area contributed by atoms with Gasteiger partial charge in [-0.25, -0.2) is 86.3 Å². The molecular formula is C90H96O42. The van der Waals surface area contributed by atoms with Gasteiger partial charge in [-0.3, -0.25) is 0 Å². The molecule has 132 heavy (non-hydrogen) atoms. The van der Waals surface area contributed by atoms with Gasteiger partial charge in [0.15, 0.2) is 0 Å². The number of para-hydroxylation sites is 3. The largest absolute Gasteiger partial charge is 0.466 e. The Morgan fingerprint density at radius 1 is 0.189 bits per heavy atom. The number of methoxy groups -OCH3 is 15. The van der Waals surface area contributed by atoms with Crippen LogP contribution in [0.1, 0.15) is 62.1 Å². The van der Waals surface area contributed by atoms with Crippen molar-refractivity contribution < 1.29 is 200 Å². The molecule has 0 atom stereocenters. The van der Waals surface area contributed by atoms with Crippen LogP contribution < -0.4 is 28.4 Å². The molecule has 6 rings (SSSR count). The van der Waals surface area contributed by atoms with E-state index in [2.05, 4.69) is 42.6 Å². The minimum atomic E-state index is -0.914. The Bertz CT molecular complexity index is 4640. The number of rotatable bonds is 39. The van der Waals surface area contributed by atoms with Crippen molar-refractivity contribution >= 4 is 107 Å². The number of carbonyl (C=O) groups excluding carboxylic acids is 18. The maximum Gasteiger partial charge on any atom is 0.338 e. The van der Waals surface area contributed by atoms with Crippen LogP contribution >= 0.6 is 0 Å². The molecule has 0 saturated heterocycles. The molecule has 0 heterocycles. The van der Waals surface area contributed by atoms with E-state index >= 15 is 0 Å². The maximum atomic E-state index is 11.9. The van der Waals surface area contributed by atoms with Crippen molar-refractivity contribution in [2.75, 3.05) is 146 Å². The lowest BCUT2D eigenvalue weighted by molar-refractivity contribution is -0.149. The van der Waals surface area contributed by atoms with Crippen LogP contribution in [0.15, 0.2) is 219 Å². The van der Waals surface area contributed by atoms with Crippen molar-refractivity contribution in [1.82, 2.24) is 0 Å². The quantitative estimate of drug-likeness (QED) is 0.0167. The van der Waals surface area contributed by atoms with E-state index in [9.17, 15) is 86.3 Å². The molecule has 0 radical (unpaired) electrons. The third-order valence-corrected chi connectivity index (χ3v) is 14.5. The number of esters is 18. The molecule has 0 aliphatic rings. The number of carbonyl (C=O) groups is 18. The Balaban J connectivity index is 0.000000803. The Morgan fingerprint density at radius 2 is 0.341 bits per heavy atom. The first-order valence-electron chi connectivity index (χ1n) is 37.5. The van der Waals surface area contributed by atoms with E-state index in [0.717, 1.165) is 94.2 Å². The average molecular weight is 1850 g/mol. The summed E-state index contributed by atoms with van der Waals surface area (Å²) < 4.78 is 114. The van der Waals surface area contributed by atoms with Gasteiger partial charge in [-0.2, -0.15) is 0 Å². The lowest BCUT2D eigenvalue weighted by atomic mass is 10.1. The second-order valence-electron chi connectivity index (χ2n) is 24.1. The molecule has 42 nitrogen and oxygen atoms in total. The predicted molar refractivity (Wildman–Crippen MR) is 452 cm³/mol. The van der Waals surface area contributed by atoms with Gasteiger partial charge in [0, 0.05) is 116 Å². The monoisotopic (exact) mass is 1850 g/mol. The van der Waals surface area contributed by atoms with E-state index in [1.165, 1.54) is 140 Å². The summed E-state index contributed by atoms with van der Waals surface area (Å²) in [6, 6.07) is 36.1. The van der Waals surface area contributed by atoms with Crippen LogP contribution in [0.2, 0.25) is 0 Å². The summed E-state index contributed by atoms with van der Waals surface area (Å²) in [6.45, 7) is 1.33. The van der Waals surface area contributed by atoms with E-state index in [4.69, 9.17) is 71.1 Å². The van der Waals surface area contributed by atoms with Gasteiger partial charge in [-0.15, -0.1) is 0 Å². The molecule has 0 N–H and O–H groups in total. The highest BCUT2D eigenvalue weighted by Gasteiger charge is 2.22. The third-order valence-electron chi connectivity index (χ3n) is 14.5. The molecular weight excluding hydrogens is 1750 g/mol. The molecule has 0 aliphatic heterocycles. The van der Waals surface area contributed by atoms with Gasteiger partial charge in [0.25, 0.3) is 0 Å². The molecule has 708 valence electrons. The van der Waals surface area contributed by atoms with Gasteiger partial charge in [0.05, 0.1) is 137 Å². The zero-order chi connectivity index (χ0) is 98.7. The molecule has 0 unspecified atom stereocenters. The highest BCUT2D eigenvalue weighted by Crippen LogP contribution is 2.24. The number of hydrogen-bond donors (Lipinski definition) is 0. The van der Waals surface area contributed by atoms with Crippen molar-refractivity contribution in [2.45, 2.75) is 18.3 Å². The Kier molecular flexibility index (Phi) is 58.1. The maximum absolute atomic E-state index is 11.9. The van der Waals surface area contributed by atoms with Crippen molar-refractivity contribution in [3.8, 4) is 34.5 Å². The van der Waals surface area contributed by atoms with E-state index in [1.54, 1.807) is 91.0 Å². The highest BCUT2D eigenvalue weighted by atomic mass is 16.6. The number of hydrogen-bond acceptors (Lipinski definition) is 42. The van der Waals surface area contributed by atoms with Crippen molar-refractivity contribution in [3.63, 3.8) is 0 Å². The van der Waals surface area contributed by atoms with Crippen LogP contribution in [-0.4, -0.2) is 272 Å². The van der Waals surface area contributed by atoms with Crippen molar-refractivity contribution in [2.24, 2.45) is 0 Å². The first kappa shape index (κ1) is 114. The van der Waals surface area contributed by atoms with E-state index in [1.807, 2.05) is 0 Å². The van der Waals surface area contributed by atoms with Crippen molar-refractivity contribution in [3.05, 3.63) is 252 Å². The van der Waals surface area contributed by atoms with Gasteiger partial charge < -0.3 is 114 Å². The first-order valence-corrected chi connectivity index (χ1v) is 37.5. The van der Waals surface area contributed by atoms with E-state index < -0.39 is 126 Å². The summed E-state index contributed by atoms with van der Waals surface area (Å²) in [5.74, 6) is -12.5. The molecule has 0 saturated carbocycles. The van der Waals surface area contributed by atoms with E-state index in [0.29, 0.717) is 17.2 Å². The summed E-state index contributed by atoms with van der Waals surface area (Å²) in [4.78, 5) is 207. The molecule has 0 aromatic heterocycles. The van der Waals surface area contributed by atoms with Crippen LogP contribution in [0.25, 0.3) is 0 Å². The summed E-state index contributed by atoms with van der Waals surface area (Å²) >= 11 is 0. The second-order valence-corrected chi connectivity index (χ2v) is 24.1. The standard InChI is InChI=1S/2C20H16O8.C15H14O8.C15H18O6.2C10H16O6/c2*1-25-19(23)13-10-14(20(24)26-2)12-16(11-13)28-18(22)9-8-17(21)27-15-6-4-3-5-7-15;1-20-12(16)4-5-13(17)23-11-7-9(14(18)21-2)6-10(8-11)15(19)22-3;1-18-10-13(11-19-2)21-15(17)9-8-14(16)20-12-6-4-3-5-7-12;2*1-13-6-8(7-14-2)16-10(12)5-4-9(11)15-3/h2*3-12H,1-2H3;4-8H,1-3H3;3-9,13H,10-11H2,1-2H3;2*4-5,8H,6-7H2,1-3H3/b9-8+;9-8-;5-4-;9-8-;5-4+;5-4-. The second kappa shape index (κ2) is 67.3. The SMILES string of the molecule is COC(=O)/C=C\C(=O)Oc1cc(C(=O)OC)cc(C(=O)OC)c1.COC(=O)c1cc(OC(=O)/C=C/C(=O)Oc2ccccc2)cc(C(=O)OC)c1.COC(=O)c1cc(OC(=O)/C=C\C(=O)Oc2ccccc2)cc(C(=O)OC)c1.COCC(COC)OC(=O)/C=C/C(=O)OC.COCC(COC)OC(=O)/C=C\C(=O)OC.COCC(COC)OC(=O)/C=C\C(=O)Oc1ccccc1. The first-order chi connectivity index (χ1) is 63.2. The summed E-state index contributed by atoms with van der Waals surface area (Å²) in [5.41, 5.74) is -0.0621. The fraction of sp³-hybridized carbons (Fsp3) is 0.267. The molecule has 0 aliphatic carbocycles. The molecule has 42 heteroatoms. The zero-order valence-corrected chi connectivity index (χ0v) is 73.9. The third kappa shape index (κ3) is 50.4. The topological polar surface area (TPSA) is 529 Å². The summed E-state index contributed by atoms with van der Waals surface area (Å²) in [6.07, 6.45) is 9.64. The molecule has 6 aromatic carbocycles. The lowest BCUT2D eigenvalue weighted by Crippen LogP contribution is -2.27. The van der Waals surface area contributed by atoms with Crippen LogP contribution in [-0.2, 0) is 143 Å². The number of ether oxygens (including phenoxy) is 24. The van der Waals surface area contributed by atoms with Gasteiger partial charge in [0.1, 0.15) is 52.8 Å². The fourth-order valence-electron chi connectivity index (χ4n) is 8.85. The van der Waals surface area contributed by atoms with Crippen LogP contribution in [0.3, 0.4) is 0 Å². The highest BCUT2D eigenvalue weighted by molar-refractivity contribution is 6.01. The molecule has 0 bridgehead atoms. The summed E-state index contributed by atoms with van der Waals surface area (Å²) in [5, 5.41) is 0. The number of benzene rings is 6. The predicted octanol–water partition coefficient (Wildman–Crippen LogP) is 6.74. The van der Waals surface area contributed by atoms with Gasteiger partial charge >= 0.3 is 107 Å².